The number of rotatable bonds is 8. The predicted molar refractivity (Wildman–Crippen MR) is 138 cm³/mol. The van der Waals surface area contributed by atoms with Crippen LogP contribution in [0.5, 0.6) is 0 Å². The van der Waals surface area contributed by atoms with E-state index in [0.717, 1.165) is 55.0 Å². The molecule has 1 aromatic carbocycles. The number of ether oxygens (including phenoxy) is 1. The van der Waals surface area contributed by atoms with Gasteiger partial charge in [-0.15, -0.1) is 11.3 Å². The van der Waals surface area contributed by atoms with Crippen LogP contribution in [0.25, 0.3) is 0 Å². The Labute approximate surface area is 215 Å². The number of morpholine rings is 1. The molecule has 1 aromatic heterocycles. The molecule has 3 aliphatic rings. The number of thiophene rings is 1. The highest BCUT2D eigenvalue weighted by Gasteiger charge is 2.37. The fourth-order valence-electron chi connectivity index (χ4n) is 4.82. The summed E-state index contributed by atoms with van der Waals surface area (Å²) in [5, 5.41) is 8.95. The standard InChI is InChI=1S/C26H31ClN4O3S/c27-21-8-2-1-7-20(21)23-17-22(24-9-4-16-35-24)28-31(23)25(32)18-30(26(33)19-5-3-6-19)11-10-29-12-14-34-15-13-29/h1-2,4,7-9,16,19,23H,3,5-6,10-15,17-18H2. The van der Waals surface area contributed by atoms with Crippen molar-refractivity contribution in [2.75, 3.05) is 45.9 Å². The molecule has 1 saturated carbocycles. The second-order valence-electron chi connectivity index (χ2n) is 9.35. The predicted octanol–water partition coefficient (Wildman–Crippen LogP) is 4.04. The van der Waals surface area contributed by atoms with E-state index in [1.807, 2.05) is 41.8 Å². The highest BCUT2D eigenvalue weighted by atomic mass is 35.5. The van der Waals surface area contributed by atoms with E-state index < -0.39 is 0 Å². The zero-order valence-electron chi connectivity index (χ0n) is 19.8. The maximum absolute atomic E-state index is 13.7. The lowest BCUT2D eigenvalue weighted by Gasteiger charge is -2.34. The summed E-state index contributed by atoms with van der Waals surface area (Å²) in [5.74, 6) is -0.0412. The fourth-order valence-corrected chi connectivity index (χ4v) is 5.81. The number of hydrogen-bond donors (Lipinski definition) is 0. The summed E-state index contributed by atoms with van der Waals surface area (Å²) in [4.78, 5) is 32.1. The van der Waals surface area contributed by atoms with Gasteiger partial charge in [0.15, 0.2) is 0 Å². The van der Waals surface area contributed by atoms with Crippen LogP contribution < -0.4 is 0 Å². The Morgan fingerprint density at radius 3 is 2.63 bits per heavy atom. The first kappa shape index (κ1) is 24.4. The molecule has 35 heavy (non-hydrogen) atoms. The van der Waals surface area contributed by atoms with Crippen molar-refractivity contribution in [1.82, 2.24) is 14.8 Å². The van der Waals surface area contributed by atoms with Gasteiger partial charge in [-0.3, -0.25) is 14.5 Å². The zero-order valence-corrected chi connectivity index (χ0v) is 21.3. The Kier molecular flexibility index (Phi) is 7.82. The first-order chi connectivity index (χ1) is 17.1. The lowest BCUT2D eigenvalue weighted by atomic mass is 9.84. The van der Waals surface area contributed by atoms with Crippen molar-refractivity contribution in [3.05, 3.63) is 57.2 Å². The molecular formula is C26H31ClN4O3S. The summed E-state index contributed by atoms with van der Waals surface area (Å²) >= 11 is 8.15. The third-order valence-electron chi connectivity index (χ3n) is 7.12. The van der Waals surface area contributed by atoms with Crippen molar-refractivity contribution >= 4 is 40.5 Å². The van der Waals surface area contributed by atoms with Crippen LogP contribution in [0.1, 0.15) is 42.2 Å². The fraction of sp³-hybridized carbons (Fsp3) is 0.500. The molecule has 5 rings (SSSR count). The van der Waals surface area contributed by atoms with Gasteiger partial charge in [0.05, 0.1) is 29.8 Å². The lowest BCUT2D eigenvalue weighted by Crippen LogP contribution is -2.49. The van der Waals surface area contributed by atoms with Gasteiger partial charge in [-0.2, -0.15) is 5.10 Å². The summed E-state index contributed by atoms with van der Waals surface area (Å²) < 4.78 is 5.45. The Balaban J connectivity index is 1.35. The van der Waals surface area contributed by atoms with Crippen LogP contribution in [0.3, 0.4) is 0 Å². The molecule has 1 unspecified atom stereocenters. The van der Waals surface area contributed by atoms with Gasteiger partial charge in [0.1, 0.15) is 6.54 Å². The normalized spacial score (nSPS) is 21.0. The number of amides is 2. The van der Waals surface area contributed by atoms with E-state index >= 15 is 0 Å². The molecule has 9 heteroatoms. The highest BCUT2D eigenvalue weighted by molar-refractivity contribution is 7.12. The molecule has 1 aliphatic carbocycles. The third-order valence-corrected chi connectivity index (χ3v) is 8.38. The van der Waals surface area contributed by atoms with Crippen LogP contribution >= 0.6 is 22.9 Å². The van der Waals surface area contributed by atoms with Gasteiger partial charge < -0.3 is 9.64 Å². The smallest absolute Gasteiger partial charge is 0.262 e. The maximum atomic E-state index is 13.7. The van der Waals surface area contributed by atoms with E-state index in [1.165, 1.54) is 0 Å². The minimum absolute atomic E-state index is 0.0296. The summed E-state index contributed by atoms with van der Waals surface area (Å²) in [6.07, 6.45) is 3.50. The van der Waals surface area contributed by atoms with Gasteiger partial charge in [0, 0.05) is 43.5 Å². The van der Waals surface area contributed by atoms with E-state index in [9.17, 15) is 9.59 Å². The van der Waals surface area contributed by atoms with E-state index in [2.05, 4.69) is 4.90 Å². The van der Waals surface area contributed by atoms with Crippen molar-refractivity contribution in [1.29, 1.82) is 0 Å². The van der Waals surface area contributed by atoms with Crippen LogP contribution in [0.4, 0.5) is 0 Å². The minimum Gasteiger partial charge on any atom is -0.379 e. The van der Waals surface area contributed by atoms with Crippen LogP contribution in [-0.4, -0.2) is 78.3 Å². The molecule has 0 spiro atoms. The van der Waals surface area contributed by atoms with Crippen molar-refractivity contribution in [3.63, 3.8) is 0 Å². The van der Waals surface area contributed by atoms with E-state index in [1.54, 1.807) is 21.2 Å². The average molecular weight is 515 g/mol. The Morgan fingerprint density at radius 1 is 1.14 bits per heavy atom. The van der Waals surface area contributed by atoms with E-state index in [-0.39, 0.29) is 30.3 Å². The average Bonchev–Trinajstić information content (AvgIpc) is 3.52. The molecule has 3 heterocycles. The van der Waals surface area contributed by atoms with Gasteiger partial charge in [-0.05, 0) is 35.9 Å². The summed E-state index contributed by atoms with van der Waals surface area (Å²) in [6, 6.07) is 11.3. The largest absolute Gasteiger partial charge is 0.379 e. The minimum atomic E-state index is -0.284. The molecule has 0 N–H and O–H groups in total. The van der Waals surface area contributed by atoms with E-state index in [0.29, 0.717) is 31.2 Å². The number of benzene rings is 1. The second-order valence-corrected chi connectivity index (χ2v) is 10.7. The highest BCUT2D eigenvalue weighted by Crippen LogP contribution is 2.37. The van der Waals surface area contributed by atoms with E-state index in [4.69, 9.17) is 21.4 Å². The molecule has 0 radical (unpaired) electrons. The van der Waals surface area contributed by atoms with Gasteiger partial charge >= 0.3 is 0 Å². The molecular weight excluding hydrogens is 484 g/mol. The second kappa shape index (κ2) is 11.2. The molecule has 2 aliphatic heterocycles. The molecule has 2 amide bonds. The summed E-state index contributed by atoms with van der Waals surface area (Å²) in [5.41, 5.74) is 1.76. The SMILES string of the molecule is O=C(C1CCC1)N(CCN1CCOCC1)CC(=O)N1N=C(c2cccs2)CC1c1ccccc1Cl. The van der Waals surface area contributed by atoms with Crippen molar-refractivity contribution in [2.24, 2.45) is 11.0 Å². The van der Waals surface area contributed by atoms with Crippen LogP contribution in [0, 0.1) is 5.92 Å². The molecule has 1 saturated heterocycles. The van der Waals surface area contributed by atoms with Crippen molar-refractivity contribution in [2.45, 2.75) is 31.7 Å². The monoisotopic (exact) mass is 514 g/mol. The lowest BCUT2D eigenvalue weighted by molar-refractivity contribution is -0.145. The first-order valence-corrected chi connectivity index (χ1v) is 13.6. The zero-order chi connectivity index (χ0) is 24.2. The Bertz CT molecular complexity index is 1070. The van der Waals surface area contributed by atoms with Crippen LogP contribution in [-0.2, 0) is 14.3 Å². The number of carbonyl (C=O) groups excluding carboxylic acids is 2. The van der Waals surface area contributed by atoms with Crippen LogP contribution in [0.2, 0.25) is 5.02 Å². The van der Waals surface area contributed by atoms with Gasteiger partial charge in [-0.25, -0.2) is 5.01 Å². The molecule has 0 bridgehead atoms. The van der Waals surface area contributed by atoms with Crippen molar-refractivity contribution < 1.29 is 14.3 Å². The quantitative estimate of drug-likeness (QED) is 0.533. The summed E-state index contributed by atoms with van der Waals surface area (Å²) in [6.45, 7) is 4.44. The number of nitrogens with zero attached hydrogens (tertiary/aromatic N) is 4. The number of halogens is 1. The van der Waals surface area contributed by atoms with Gasteiger partial charge in [0.2, 0.25) is 5.91 Å². The number of hydrazone groups is 1. The maximum Gasteiger partial charge on any atom is 0.262 e. The topological polar surface area (TPSA) is 65.5 Å². The van der Waals surface area contributed by atoms with Gasteiger partial charge in [0.25, 0.3) is 5.91 Å². The molecule has 2 fully saturated rings. The Hall–Kier alpha value is -2.26. The number of carbonyl (C=O) groups is 2. The molecule has 7 nitrogen and oxygen atoms in total. The molecule has 2 aromatic rings. The molecule has 1 atom stereocenters. The number of hydrogen-bond acceptors (Lipinski definition) is 6. The van der Waals surface area contributed by atoms with Gasteiger partial charge in [-0.1, -0.05) is 42.3 Å². The third kappa shape index (κ3) is 5.61. The Morgan fingerprint density at radius 2 is 1.94 bits per heavy atom. The van der Waals surface area contributed by atoms with Crippen molar-refractivity contribution in [3.8, 4) is 0 Å². The summed E-state index contributed by atoms with van der Waals surface area (Å²) in [7, 11) is 0. The first-order valence-electron chi connectivity index (χ1n) is 12.4. The van der Waals surface area contributed by atoms with Crippen LogP contribution in [0.15, 0.2) is 46.9 Å². The molecule has 186 valence electrons.